The number of piperidine rings is 1. The number of halogens is 1. The van der Waals surface area contributed by atoms with E-state index in [9.17, 15) is 0 Å². The molecule has 2 aliphatic rings. The monoisotopic (exact) mass is 430 g/mol. The van der Waals surface area contributed by atoms with Crippen LogP contribution in [0, 0.1) is 0 Å². The van der Waals surface area contributed by atoms with Crippen molar-refractivity contribution in [3.63, 3.8) is 0 Å². The van der Waals surface area contributed by atoms with E-state index in [2.05, 4.69) is 36.5 Å². The second-order valence-corrected chi connectivity index (χ2v) is 8.37. The van der Waals surface area contributed by atoms with E-state index in [-0.39, 0.29) is 6.04 Å². The number of furan rings is 1. The molecule has 4 heterocycles. The van der Waals surface area contributed by atoms with E-state index < -0.39 is 0 Å². The third-order valence-corrected chi connectivity index (χ3v) is 6.25. The highest BCUT2D eigenvalue weighted by Gasteiger charge is 2.27. The molecule has 0 saturated carbocycles. The second-order valence-electron chi connectivity index (χ2n) is 7.97. The maximum Gasteiger partial charge on any atom is 0.191 e. The maximum atomic E-state index is 6.32. The average Bonchev–Trinajstić information content (AvgIpc) is 3.47. The molecule has 30 heavy (non-hydrogen) atoms. The summed E-state index contributed by atoms with van der Waals surface area (Å²) < 4.78 is 5.75. The largest absolute Gasteiger partial charge is 0.468 e. The van der Waals surface area contributed by atoms with Crippen molar-refractivity contribution in [2.45, 2.75) is 37.8 Å². The summed E-state index contributed by atoms with van der Waals surface area (Å²) in [4.78, 5) is 13.6. The quantitative estimate of drug-likeness (QED) is 0.541. The first-order chi connectivity index (χ1) is 14.7. The van der Waals surface area contributed by atoms with E-state index >= 15 is 0 Å². The number of nitrogens with zero attached hydrogens (tertiary/aromatic N) is 4. The predicted molar refractivity (Wildman–Crippen MR) is 121 cm³/mol. The number of guanidine groups is 1. The number of aliphatic imine (C=N–C) groups is 1. The molecule has 0 amide bonds. The Balaban J connectivity index is 1.33. The van der Waals surface area contributed by atoms with Gasteiger partial charge in [-0.2, -0.15) is 0 Å². The number of likely N-dealkylation sites (tertiary alicyclic amines) is 1. The molecular weight excluding hydrogens is 400 g/mol. The van der Waals surface area contributed by atoms with E-state index in [4.69, 9.17) is 16.0 Å². The van der Waals surface area contributed by atoms with E-state index in [0.29, 0.717) is 11.1 Å². The van der Waals surface area contributed by atoms with Gasteiger partial charge in [0.25, 0.3) is 0 Å². The lowest BCUT2D eigenvalue weighted by Crippen LogP contribution is -2.48. The normalized spacial score (nSPS) is 21.6. The van der Waals surface area contributed by atoms with Crippen LogP contribution in [0.1, 0.15) is 37.5 Å². The van der Waals surface area contributed by atoms with Crippen molar-refractivity contribution in [2.24, 2.45) is 4.99 Å². The summed E-state index contributed by atoms with van der Waals surface area (Å²) in [7, 11) is 1.82. The Kier molecular flexibility index (Phi) is 7.12. The Bertz CT molecular complexity index is 821. The lowest BCUT2D eigenvalue weighted by molar-refractivity contribution is 0.146. The third-order valence-electron chi connectivity index (χ3n) is 5.96. The first-order valence-corrected chi connectivity index (χ1v) is 11.2. The van der Waals surface area contributed by atoms with Crippen LogP contribution >= 0.6 is 11.6 Å². The van der Waals surface area contributed by atoms with Gasteiger partial charge in [0.2, 0.25) is 0 Å². The Morgan fingerprint density at radius 1 is 1.27 bits per heavy atom. The molecule has 0 aliphatic carbocycles. The highest BCUT2D eigenvalue weighted by molar-refractivity contribution is 6.32. The summed E-state index contributed by atoms with van der Waals surface area (Å²) in [5.41, 5.74) is 0. The van der Waals surface area contributed by atoms with E-state index in [1.165, 1.54) is 19.3 Å². The molecule has 0 spiro atoms. The molecule has 2 aromatic heterocycles. The SMILES string of the molecule is CN=C(NCC(c1ccco1)N1CCCCC1)NC1CCN(c2ncccc2Cl)C1. The van der Waals surface area contributed by atoms with E-state index in [1.807, 2.05) is 25.2 Å². The minimum atomic E-state index is 0.214. The van der Waals surface area contributed by atoms with Gasteiger partial charge in [-0.05, 0) is 56.6 Å². The standard InChI is InChI=1S/C22H31ClN6O/c1-24-22(27-17-9-13-29(16-17)21-18(23)7-5-10-25-21)26-15-19(20-8-6-14-30-20)28-11-3-2-4-12-28/h5-8,10,14,17,19H,2-4,9,11-13,15-16H2,1H3,(H2,24,26,27). The number of nitrogens with one attached hydrogen (secondary N) is 2. The van der Waals surface area contributed by atoms with Crippen molar-refractivity contribution in [2.75, 3.05) is 44.7 Å². The molecule has 4 rings (SSSR count). The van der Waals surface area contributed by atoms with Gasteiger partial charge in [-0.25, -0.2) is 4.98 Å². The molecule has 7 nitrogen and oxygen atoms in total. The molecule has 2 aliphatic heterocycles. The Labute approximate surface area is 183 Å². The van der Waals surface area contributed by atoms with Gasteiger partial charge in [-0.3, -0.25) is 9.89 Å². The third kappa shape index (κ3) is 5.08. The van der Waals surface area contributed by atoms with Gasteiger partial charge in [-0.15, -0.1) is 0 Å². The van der Waals surface area contributed by atoms with Crippen LogP contribution < -0.4 is 15.5 Å². The van der Waals surface area contributed by atoms with Gasteiger partial charge in [0.05, 0.1) is 17.3 Å². The molecule has 2 fully saturated rings. The fourth-order valence-electron chi connectivity index (χ4n) is 4.38. The number of pyridine rings is 1. The summed E-state index contributed by atoms with van der Waals surface area (Å²) in [5.74, 6) is 2.69. The number of aromatic nitrogens is 1. The van der Waals surface area contributed by atoms with Gasteiger partial charge in [0.1, 0.15) is 11.6 Å². The van der Waals surface area contributed by atoms with Crippen LogP contribution in [0.15, 0.2) is 46.1 Å². The van der Waals surface area contributed by atoms with Crippen molar-refractivity contribution < 1.29 is 4.42 Å². The second kappa shape index (κ2) is 10.2. The zero-order valence-electron chi connectivity index (χ0n) is 17.6. The van der Waals surface area contributed by atoms with Crippen LogP contribution in [0.2, 0.25) is 5.02 Å². The maximum absolute atomic E-state index is 6.32. The first kappa shape index (κ1) is 21.0. The summed E-state index contributed by atoms with van der Waals surface area (Å²) in [5, 5.41) is 7.79. The molecule has 2 N–H and O–H groups in total. The minimum Gasteiger partial charge on any atom is -0.468 e. The fraction of sp³-hybridized carbons (Fsp3) is 0.545. The van der Waals surface area contributed by atoms with Crippen molar-refractivity contribution in [3.8, 4) is 0 Å². The lowest BCUT2D eigenvalue weighted by Gasteiger charge is -2.34. The van der Waals surface area contributed by atoms with Crippen molar-refractivity contribution in [1.29, 1.82) is 0 Å². The zero-order valence-corrected chi connectivity index (χ0v) is 18.3. The minimum absolute atomic E-state index is 0.214. The van der Waals surface area contributed by atoms with Crippen LogP contribution in [0.4, 0.5) is 5.82 Å². The van der Waals surface area contributed by atoms with E-state index in [0.717, 1.165) is 56.7 Å². The molecule has 2 unspecified atom stereocenters. The molecule has 2 aromatic rings. The first-order valence-electron chi connectivity index (χ1n) is 10.8. The topological polar surface area (TPSA) is 68.9 Å². The highest BCUT2D eigenvalue weighted by atomic mass is 35.5. The number of hydrogen-bond acceptors (Lipinski definition) is 5. The van der Waals surface area contributed by atoms with Gasteiger partial charge in [0, 0.05) is 38.9 Å². The predicted octanol–water partition coefficient (Wildman–Crippen LogP) is 3.30. The summed E-state index contributed by atoms with van der Waals surface area (Å²) in [6.07, 6.45) is 8.38. The molecule has 8 heteroatoms. The Hall–Kier alpha value is -2.25. The smallest absolute Gasteiger partial charge is 0.191 e. The summed E-state index contributed by atoms with van der Waals surface area (Å²) in [6, 6.07) is 8.30. The van der Waals surface area contributed by atoms with Gasteiger partial charge < -0.3 is 20.0 Å². The van der Waals surface area contributed by atoms with Crippen LogP contribution in [-0.2, 0) is 0 Å². The zero-order chi connectivity index (χ0) is 20.8. The molecule has 2 saturated heterocycles. The molecule has 162 valence electrons. The average molecular weight is 431 g/mol. The van der Waals surface area contributed by atoms with Gasteiger partial charge >= 0.3 is 0 Å². The van der Waals surface area contributed by atoms with Gasteiger partial charge in [-0.1, -0.05) is 18.0 Å². The van der Waals surface area contributed by atoms with Crippen LogP contribution in [0.25, 0.3) is 0 Å². The number of hydrogen-bond donors (Lipinski definition) is 2. The number of rotatable bonds is 6. The van der Waals surface area contributed by atoms with Crippen molar-refractivity contribution in [3.05, 3.63) is 47.5 Å². The summed E-state index contributed by atoms with van der Waals surface area (Å²) in [6.45, 7) is 4.76. The lowest BCUT2D eigenvalue weighted by atomic mass is 10.1. The molecule has 2 atom stereocenters. The van der Waals surface area contributed by atoms with Gasteiger partial charge in [0.15, 0.2) is 5.96 Å². The highest BCUT2D eigenvalue weighted by Crippen LogP contribution is 2.26. The molecule has 0 radical (unpaired) electrons. The van der Waals surface area contributed by atoms with E-state index in [1.54, 1.807) is 12.5 Å². The van der Waals surface area contributed by atoms with Crippen LogP contribution in [0.5, 0.6) is 0 Å². The Morgan fingerprint density at radius 2 is 2.13 bits per heavy atom. The van der Waals surface area contributed by atoms with Crippen molar-refractivity contribution >= 4 is 23.4 Å². The molecule has 0 bridgehead atoms. The number of anilines is 1. The molecular formula is C22H31ClN6O. The summed E-state index contributed by atoms with van der Waals surface area (Å²) >= 11 is 6.32. The van der Waals surface area contributed by atoms with Crippen molar-refractivity contribution in [1.82, 2.24) is 20.5 Å². The fourth-order valence-corrected chi connectivity index (χ4v) is 4.62. The Morgan fingerprint density at radius 3 is 2.87 bits per heavy atom. The molecule has 0 aromatic carbocycles. The van der Waals surface area contributed by atoms with Crippen LogP contribution in [-0.4, -0.2) is 61.7 Å². The van der Waals surface area contributed by atoms with Crippen LogP contribution in [0.3, 0.4) is 0 Å².